The van der Waals surface area contributed by atoms with Gasteiger partial charge in [0.1, 0.15) is 5.60 Å². The van der Waals surface area contributed by atoms with Gasteiger partial charge in [0.15, 0.2) is 5.65 Å². The lowest BCUT2D eigenvalue weighted by Gasteiger charge is -2.44. The first-order valence-electron chi connectivity index (χ1n) is 12.7. The fraction of sp³-hybridized carbons (Fsp3) is 0.444. The molecular formula is C27H29BrN4O5S. The molecule has 11 heteroatoms. The average molecular weight is 602 g/mol. The van der Waals surface area contributed by atoms with Crippen molar-refractivity contribution in [2.75, 3.05) is 11.9 Å². The van der Waals surface area contributed by atoms with Crippen LogP contribution in [0.4, 0.5) is 10.5 Å². The predicted octanol–water partition coefficient (Wildman–Crippen LogP) is 4.81. The van der Waals surface area contributed by atoms with Crippen LogP contribution < -0.4 is 4.90 Å². The highest BCUT2D eigenvalue weighted by atomic mass is 79.9. The number of carbonyl (C=O) groups is 2. The minimum Gasteiger partial charge on any atom is -0.444 e. The first-order chi connectivity index (χ1) is 17.8. The summed E-state index contributed by atoms with van der Waals surface area (Å²) in [7, 11) is -2.19. The van der Waals surface area contributed by atoms with E-state index in [9.17, 15) is 18.0 Å². The number of benzene rings is 1. The smallest absolute Gasteiger partial charge is 0.410 e. The molecule has 2 unspecified atom stereocenters. The van der Waals surface area contributed by atoms with E-state index in [-0.39, 0.29) is 34.6 Å². The van der Waals surface area contributed by atoms with Gasteiger partial charge in [-0.15, -0.1) is 0 Å². The van der Waals surface area contributed by atoms with E-state index in [1.165, 1.54) is 10.2 Å². The molecule has 0 radical (unpaired) electrons. The van der Waals surface area contributed by atoms with E-state index in [1.807, 2.05) is 25.7 Å². The number of nitrogens with zero attached hydrogens (tertiary/aromatic N) is 4. The van der Waals surface area contributed by atoms with Gasteiger partial charge >= 0.3 is 6.09 Å². The Balaban J connectivity index is 1.49. The zero-order valence-corrected chi connectivity index (χ0v) is 24.0. The highest BCUT2D eigenvalue weighted by Gasteiger charge is 2.60. The maximum absolute atomic E-state index is 14.0. The summed E-state index contributed by atoms with van der Waals surface area (Å²) in [4.78, 5) is 35.2. The minimum absolute atomic E-state index is 0.0481. The summed E-state index contributed by atoms with van der Waals surface area (Å²) in [5.41, 5.74) is 0.217. The lowest BCUT2D eigenvalue weighted by molar-refractivity contribution is -0.125. The van der Waals surface area contributed by atoms with Crippen molar-refractivity contribution >= 4 is 54.7 Å². The standard InChI is InChI=1S/C27H29BrN4O5S/c1-26(2,3)37-25(34)32-16-10-11-17(32)13-27(12-16)22-20(30(4)24(27)33)14-29-23-21(22)19(28)15-31(23)38(35,36)18-8-6-5-7-9-18/h5-9,14-17H,10-13H2,1-4H3. The van der Waals surface area contributed by atoms with Crippen LogP contribution in [0, 0.1) is 0 Å². The average Bonchev–Trinajstić information content (AvgIpc) is 3.42. The Morgan fingerprint density at radius 1 is 1.13 bits per heavy atom. The zero-order valence-electron chi connectivity index (χ0n) is 21.6. The SMILES string of the molecule is CN1C(=O)C2(CC3CCC(C2)N3C(=O)OC(C)(C)C)c2c1cnc1c2c(Br)cn1S(=O)(=O)c1ccccc1. The maximum Gasteiger partial charge on any atom is 0.410 e. The fourth-order valence-corrected chi connectivity index (χ4v) is 8.57. The number of rotatable bonds is 2. The molecule has 1 aromatic carbocycles. The Kier molecular flexibility index (Phi) is 5.53. The van der Waals surface area contributed by atoms with Gasteiger partial charge in [-0.1, -0.05) is 18.2 Å². The summed E-state index contributed by atoms with van der Waals surface area (Å²) in [6, 6.07) is 7.91. The van der Waals surface area contributed by atoms with Crippen LogP contribution in [-0.2, 0) is 25.0 Å². The van der Waals surface area contributed by atoms with Crippen LogP contribution in [-0.4, -0.2) is 59.0 Å². The summed E-state index contributed by atoms with van der Waals surface area (Å²) in [6.45, 7) is 5.54. The molecule has 9 nitrogen and oxygen atoms in total. The van der Waals surface area contributed by atoms with Crippen LogP contribution >= 0.6 is 15.9 Å². The fourth-order valence-electron chi connectivity index (χ4n) is 6.52. The van der Waals surface area contributed by atoms with Crippen LogP contribution in [0.2, 0.25) is 0 Å². The van der Waals surface area contributed by atoms with Gasteiger partial charge in [0.05, 0.1) is 22.2 Å². The van der Waals surface area contributed by atoms with Crippen molar-refractivity contribution < 1.29 is 22.7 Å². The number of pyridine rings is 1. The third-order valence-electron chi connectivity index (χ3n) is 7.96. The van der Waals surface area contributed by atoms with Crippen LogP contribution in [0.15, 0.2) is 52.1 Å². The van der Waals surface area contributed by atoms with Gasteiger partial charge in [0.25, 0.3) is 10.0 Å². The Labute approximate surface area is 229 Å². The molecule has 3 aromatic rings. The van der Waals surface area contributed by atoms with Crippen molar-refractivity contribution in [3.05, 3.63) is 52.8 Å². The summed E-state index contributed by atoms with van der Waals surface area (Å²) in [5, 5.41) is 0.616. The van der Waals surface area contributed by atoms with E-state index >= 15 is 0 Å². The molecule has 2 saturated heterocycles. The van der Waals surface area contributed by atoms with Crippen LogP contribution in [0.25, 0.3) is 11.0 Å². The summed E-state index contributed by atoms with van der Waals surface area (Å²) in [6.07, 6.45) is 5.23. The molecule has 2 bridgehead atoms. The third-order valence-corrected chi connectivity index (χ3v) is 10.2. The van der Waals surface area contributed by atoms with Crippen molar-refractivity contribution in [1.29, 1.82) is 0 Å². The van der Waals surface area contributed by atoms with Crippen LogP contribution in [0.1, 0.15) is 52.0 Å². The normalized spacial score (nSPS) is 24.9. The molecule has 0 N–H and O–H groups in total. The maximum atomic E-state index is 14.0. The van der Waals surface area contributed by atoms with Gasteiger partial charge in [-0.3, -0.25) is 4.79 Å². The van der Waals surface area contributed by atoms with Crippen LogP contribution in [0.3, 0.4) is 0 Å². The molecule has 3 aliphatic rings. The highest BCUT2D eigenvalue weighted by molar-refractivity contribution is 9.10. The lowest BCUT2D eigenvalue weighted by Crippen LogP contribution is -2.55. The number of amides is 2. The van der Waals surface area contributed by atoms with Crippen molar-refractivity contribution in [1.82, 2.24) is 13.9 Å². The summed E-state index contributed by atoms with van der Waals surface area (Å²) < 4.78 is 34.6. The Morgan fingerprint density at radius 2 is 1.76 bits per heavy atom. The van der Waals surface area contributed by atoms with Gasteiger partial charge in [-0.25, -0.2) is 22.2 Å². The number of carbonyl (C=O) groups excluding carboxylic acids is 2. The number of fused-ring (bicyclic) bond motifs is 6. The van der Waals surface area contributed by atoms with Crippen molar-refractivity contribution in [3.63, 3.8) is 0 Å². The molecule has 2 atom stereocenters. The van der Waals surface area contributed by atoms with Crippen molar-refractivity contribution in [2.24, 2.45) is 0 Å². The third kappa shape index (κ3) is 3.54. The van der Waals surface area contributed by atoms with Gasteiger partial charge in [-0.05, 0) is 74.5 Å². The van der Waals surface area contributed by atoms with Crippen molar-refractivity contribution in [3.8, 4) is 0 Å². The van der Waals surface area contributed by atoms with E-state index in [0.717, 1.165) is 18.4 Å². The topological polar surface area (TPSA) is 102 Å². The van der Waals surface area contributed by atoms with E-state index in [0.29, 0.717) is 28.4 Å². The number of anilines is 1. The largest absolute Gasteiger partial charge is 0.444 e. The molecule has 5 heterocycles. The number of halogens is 1. The molecule has 2 fully saturated rings. The van der Waals surface area contributed by atoms with Gasteiger partial charge in [0.2, 0.25) is 5.91 Å². The van der Waals surface area contributed by atoms with Crippen molar-refractivity contribution in [2.45, 2.75) is 74.4 Å². The number of hydrogen-bond acceptors (Lipinski definition) is 6. The second-order valence-corrected chi connectivity index (χ2v) is 14.1. The lowest BCUT2D eigenvalue weighted by atomic mass is 9.70. The number of aromatic nitrogens is 2. The van der Waals surface area contributed by atoms with E-state index in [2.05, 4.69) is 20.9 Å². The Morgan fingerprint density at radius 3 is 2.37 bits per heavy atom. The molecule has 2 aromatic heterocycles. The number of piperidine rings is 1. The highest BCUT2D eigenvalue weighted by Crippen LogP contribution is 2.56. The van der Waals surface area contributed by atoms with Crippen LogP contribution in [0.5, 0.6) is 0 Å². The second kappa shape index (κ2) is 8.29. The minimum atomic E-state index is -3.92. The molecule has 200 valence electrons. The quantitative estimate of drug-likeness (QED) is 0.418. The first-order valence-corrected chi connectivity index (χ1v) is 14.9. The van der Waals surface area contributed by atoms with Gasteiger partial charge < -0.3 is 14.5 Å². The van der Waals surface area contributed by atoms with E-state index < -0.39 is 21.0 Å². The molecule has 1 spiro atoms. The van der Waals surface area contributed by atoms with Gasteiger partial charge in [0, 0.05) is 40.8 Å². The first kappa shape index (κ1) is 25.4. The number of hydrogen-bond donors (Lipinski definition) is 0. The Bertz CT molecular complexity index is 1580. The monoisotopic (exact) mass is 600 g/mol. The molecular weight excluding hydrogens is 572 g/mol. The molecule has 2 amide bonds. The molecule has 3 aliphatic heterocycles. The zero-order chi connectivity index (χ0) is 27.2. The number of likely N-dealkylation sites (N-methyl/N-ethyl adjacent to an activating group) is 1. The Hall–Kier alpha value is -2.92. The van der Waals surface area contributed by atoms with E-state index in [1.54, 1.807) is 48.5 Å². The molecule has 0 saturated carbocycles. The second-order valence-electron chi connectivity index (χ2n) is 11.4. The predicted molar refractivity (Wildman–Crippen MR) is 146 cm³/mol. The molecule has 6 rings (SSSR count). The number of ether oxygens (including phenoxy) is 1. The molecule has 0 aliphatic carbocycles. The van der Waals surface area contributed by atoms with E-state index in [4.69, 9.17) is 4.74 Å². The molecule has 38 heavy (non-hydrogen) atoms. The summed E-state index contributed by atoms with van der Waals surface area (Å²) >= 11 is 3.60. The van der Waals surface area contributed by atoms with Gasteiger partial charge in [-0.2, -0.15) is 0 Å². The summed E-state index contributed by atoms with van der Waals surface area (Å²) in [5.74, 6) is -0.0481.